The number of thioether (sulfide) groups is 1. The van der Waals surface area contributed by atoms with Gasteiger partial charge in [0.05, 0.1) is 5.52 Å². The highest BCUT2D eigenvalue weighted by molar-refractivity contribution is 7.98. The number of rotatable bonds is 7. The average molecular weight is 398 g/mol. The third-order valence-electron chi connectivity index (χ3n) is 4.50. The number of nitrogens with one attached hydrogen (secondary N) is 1. The summed E-state index contributed by atoms with van der Waals surface area (Å²) in [6, 6.07) is 11.5. The largest absolute Gasteiger partial charge is 0.354 e. The van der Waals surface area contributed by atoms with Gasteiger partial charge in [-0.1, -0.05) is 12.1 Å². The minimum Gasteiger partial charge on any atom is -0.354 e. The van der Waals surface area contributed by atoms with E-state index >= 15 is 0 Å². The van der Waals surface area contributed by atoms with Gasteiger partial charge in [0.2, 0.25) is 5.91 Å². The van der Waals surface area contributed by atoms with Gasteiger partial charge in [-0.3, -0.25) is 23.5 Å². The lowest BCUT2D eigenvalue weighted by Gasteiger charge is -2.13. The van der Waals surface area contributed by atoms with Crippen molar-refractivity contribution in [2.45, 2.75) is 31.3 Å². The van der Waals surface area contributed by atoms with Gasteiger partial charge in [-0.25, -0.2) is 4.98 Å². The number of benzene rings is 1. The van der Waals surface area contributed by atoms with E-state index in [1.165, 1.54) is 14.0 Å². The summed E-state index contributed by atoms with van der Waals surface area (Å²) in [6.07, 6.45) is 4.27. The quantitative estimate of drug-likeness (QED) is 0.483. The molecule has 1 aromatic carbocycles. The van der Waals surface area contributed by atoms with Crippen molar-refractivity contribution >= 4 is 28.8 Å². The van der Waals surface area contributed by atoms with Crippen LogP contribution in [0.4, 0.5) is 0 Å². The van der Waals surface area contributed by atoms with Crippen LogP contribution in [-0.2, 0) is 24.3 Å². The Hall–Kier alpha value is -2.87. The molecular formula is C20H22N4O3S. The number of hydrogen-bond donors (Lipinski definition) is 1. The highest BCUT2D eigenvalue weighted by Gasteiger charge is 2.15. The van der Waals surface area contributed by atoms with Crippen molar-refractivity contribution in [2.75, 3.05) is 12.8 Å². The van der Waals surface area contributed by atoms with E-state index in [4.69, 9.17) is 0 Å². The Kier molecular flexibility index (Phi) is 6.30. The van der Waals surface area contributed by atoms with E-state index in [1.807, 2.05) is 30.5 Å². The topological polar surface area (TPSA) is 86.0 Å². The number of carbonyl (C=O) groups excluding carboxylic acids is 1. The molecule has 0 spiro atoms. The van der Waals surface area contributed by atoms with Crippen molar-refractivity contribution in [2.24, 2.45) is 0 Å². The molecule has 0 saturated heterocycles. The molecule has 0 bridgehead atoms. The maximum Gasteiger partial charge on any atom is 0.318 e. The Morgan fingerprint density at radius 1 is 1.11 bits per heavy atom. The molecule has 0 fully saturated rings. The molecule has 0 atom stereocenters. The first-order chi connectivity index (χ1) is 13.5. The fourth-order valence-corrected chi connectivity index (χ4v) is 3.44. The van der Waals surface area contributed by atoms with Gasteiger partial charge in [0.25, 0.3) is 0 Å². The Bertz CT molecular complexity index is 1100. The van der Waals surface area contributed by atoms with Crippen molar-refractivity contribution < 1.29 is 4.79 Å². The first-order valence-electron chi connectivity index (χ1n) is 9.03. The van der Waals surface area contributed by atoms with Crippen molar-refractivity contribution in [3.63, 3.8) is 0 Å². The van der Waals surface area contributed by atoms with E-state index in [0.717, 1.165) is 5.56 Å². The van der Waals surface area contributed by atoms with Crippen LogP contribution in [0.1, 0.15) is 12.5 Å². The monoisotopic (exact) mass is 398 g/mol. The molecule has 3 aromatic rings. The molecular weight excluding hydrogens is 376 g/mol. The Balaban J connectivity index is 1.73. The van der Waals surface area contributed by atoms with E-state index in [1.54, 1.807) is 37.0 Å². The zero-order valence-corrected chi connectivity index (χ0v) is 16.7. The molecule has 2 heterocycles. The van der Waals surface area contributed by atoms with Crippen LogP contribution in [0.25, 0.3) is 11.2 Å². The average Bonchev–Trinajstić information content (AvgIpc) is 2.72. The summed E-state index contributed by atoms with van der Waals surface area (Å²) in [4.78, 5) is 42.6. The molecule has 0 aliphatic heterocycles. The smallest absolute Gasteiger partial charge is 0.318 e. The summed E-state index contributed by atoms with van der Waals surface area (Å²) >= 11 is 1.68. The Morgan fingerprint density at radius 2 is 1.82 bits per heavy atom. The molecule has 146 valence electrons. The molecule has 1 amide bonds. The lowest BCUT2D eigenvalue weighted by Crippen LogP contribution is -2.44. The van der Waals surface area contributed by atoms with E-state index in [-0.39, 0.29) is 12.5 Å². The van der Waals surface area contributed by atoms with E-state index in [2.05, 4.69) is 10.3 Å². The maximum absolute atomic E-state index is 12.5. The zero-order valence-electron chi connectivity index (χ0n) is 15.8. The number of aryl methyl sites for hydroxylation is 1. The van der Waals surface area contributed by atoms with Crippen LogP contribution in [0.3, 0.4) is 0 Å². The number of pyridine rings is 1. The third-order valence-corrected chi connectivity index (χ3v) is 5.24. The summed E-state index contributed by atoms with van der Waals surface area (Å²) in [5.41, 5.74) is 0.601. The van der Waals surface area contributed by atoms with Crippen LogP contribution in [0.2, 0.25) is 0 Å². The highest BCUT2D eigenvalue weighted by Crippen LogP contribution is 2.14. The molecule has 0 unspecified atom stereocenters. The predicted octanol–water partition coefficient (Wildman–Crippen LogP) is 1.66. The van der Waals surface area contributed by atoms with Crippen molar-refractivity contribution in [3.05, 3.63) is 68.9 Å². The summed E-state index contributed by atoms with van der Waals surface area (Å²) in [5.74, 6) is -0.318. The van der Waals surface area contributed by atoms with Gasteiger partial charge < -0.3 is 5.32 Å². The van der Waals surface area contributed by atoms with Gasteiger partial charge in [-0.2, -0.15) is 0 Å². The molecule has 8 heteroatoms. The molecule has 2 aromatic heterocycles. The van der Waals surface area contributed by atoms with E-state index in [9.17, 15) is 14.4 Å². The van der Waals surface area contributed by atoms with E-state index < -0.39 is 11.1 Å². The normalized spacial score (nSPS) is 10.9. The van der Waals surface area contributed by atoms with Crippen LogP contribution >= 0.6 is 11.8 Å². The van der Waals surface area contributed by atoms with Gasteiger partial charge >= 0.3 is 11.1 Å². The molecule has 1 N–H and O–H groups in total. The van der Waals surface area contributed by atoms with Gasteiger partial charge in [0, 0.05) is 24.2 Å². The van der Waals surface area contributed by atoms with Crippen molar-refractivity contribution in [1.82, 2.24) is 19.4 Å². The minimum absolute atomic E-state index is 0.216. The molecule has 0 aliphatic carbocycles. The van der Waals surface area contributed by atoms with Crippen LogP contribution in [-0.4, -0.2) is 32.8 Å². The van der Waals surface area contributed by atoms with Crippen LogP contribution in [0.15, 0.2) is 57.1 Å². The number of hydrogen-bond acceptors (Lipinski definition) is 5. The van der Waals surface area contributed by atoms with E-state index in [0.29, 0.717) is 30.7 Å². The Morgan fingerprint density at radius 3 is 2.50 bits per heavy atom. The first kappa shape index (κ1) is 19.9. The van der Waals surface area contributed by atoms with Crippen LogP contribution in [0.5, 0.6) is 0 Å². The molecule has 28 heavy (non-hydrogen) atoms. The SMILES string of the molecule is CCn1c(=O)c(=O)n(CC(=O)NCCc2ccc(SC)cc2)c2cccnc21. The fraction of sp³-hybridized carbons (Fsp3) is 0.300. The molecule has 0 aliphatic rings. The summed E-state index contributed by atoms with van der Waals surface area (Å²) in [5, 5.41) is 2.82. The van der Waals surface area contributed by atoms with Crippen molar-refractivity contribution in [1.29, 1.82) is 0 Å². The number of nitrogens with zero attached hydrogens (tertiary/aromatic N) is 3. The fourth-order valence-electron chi connectivity index (χ4n) is 3.03. The molecule has 3 rings (SSSR count). The number of aromatic nitrogens is 3. The zero-order chi connectivity index (χ0) is 20.1. The summed E-state index contributed by atoms with van der Waals surface area (Å²) in [7, 11) is 0. The van der Waals surface area contributed by atoms with Gasteiger partial charge in [-0.05, 0) is 49.4 Å². The summed E-state index contributed by atoms with van der Waals surface area (Å²) < 4.78 is 2.52. The van der Waals surface area contributed by atoms with Gasteiger partial charge in [-0.15, -0.1) is 11.8 Å². The third kappa shape index (κ3) is 4.17. The molecule has 0 radical (unpaired) electrons. The number of amides is 1. The number of fused-ring (bicyclic) bond motifs is 1. The van der Waals surface area contributed by atoms with Gasteiger partial charge in [0.1, 0.15) is 6.54 Å². The first-order valence-corrected chi connectivity index (χ1v) is 10.3. The molecule has 7 nitrogen and oxygen atoms in total. The highest BCUT2D eigenvalue weighted by atomic mass is 32.2. The Labute approximate surface area is 166 Å². The lowest BCUT2D eigenvalue weighted by molar-refractivity contribution is -0.121. The van der Waals surface area contributed by atoms with Crippen LogP contribution in [0, 0.1) is 0 Å². The second kappa shape index (κ2) is 8.88. The lowest BCUT2D eigenvalue weighted by atomic mass is 10.1. The van der Waals surface area contributed by atoms with Gasteiger partial charge in [0.15, 0.2) is 5.65 Å². The summed E-state index contributed by atoms with van der Waals surface area (Å²) in [6.45, 7) is 2.35. The minimum atomic E-state index is -0.717. The predicted molar refractivity (Wildman–Crippen MR) is 111 cm³/mol. The maximum atomic E-state index is 12.5. The van der Waals surface area contributed by atoms with Crippen LogP contribution < -0.4 is 16.4 Å². The number of carbonyl (C=O) groups is 1. The van der Waals surface area contributed by atoms with Crippen molar-refractivity contribution in [3.8, 4) is 0 Å². The second-order valence-electron chi connectivity index (χ2n) is 6.23. The standard InChI is InChI=1S/C20H22N4O3S/c1-3-23-18-16(5-4-11-22-18)24(20(27)19(23)26)13-17(25)21-12-10-14-6-8-15(28-2)9-7-14/h4-9,11H,3,10,12-13H2,1-2H3,(H,21,25). The molecule has 0 saturated carbocycles. The second-order valence-corrected chi connectivity index (χ2v) is 7.11.